The summed E-state index contributed by atoms with van der Waals surface area (Å²) in [5.41, 5.74) is 0.873. The summed E-state index contributed by atoms with van der Waals surface area (Å²) in [5, 5.41) is 13.2. The van der Waals surface area contributed by atoms with Gasteiger partial charge in [0.15, 0.2) is 0 Å². The fraction of sp³-hybridized carbons (Fsp3) is 0.632. The first kappa shape index (κ1) is 18.7. The van der Waals surface area contributed by atoms with Crippen LogP contribution in [0.5, 0.6) is 0 Å². The number of likely N-dealkylation sites (tertiary alicyclic amines) is 1. The molecule has 0 unspecified atom stereocenters. The average molecular weight is 333 g/mol. The monoisotopic (exact) mass is 333 g/mol. The van der Waals surface area contributed by atoms with E-state index in [-0.39, 0.29) is 11.6 Å². The van der Waals surface area contributed by atoms with E-state index in [4.69, 9.17) is 0 Å². The van der Waals surface area contributed by atoms with E-state index in [1.165, 1.54) is 12.8 Å². The predicted octanol–water partition coefficient (Wildman–Crippen LogP) is 2.63. The van der Waals surface area contributed by atoms with Crippen LogP contribution in [0.25, 0.3) is 0 Å². The standard InChI is InChI=1S/C19H31N3O2/c1-19(2,22-12-7-8-13-22)15-20-18(24)21(3)14-11-17(23)16-9-5-4-6-10-16/h4-6,9-10,17,23H,7-8,11-15H2,1-3H3,(H,20,24)/t17-/m1/s1. The van der Waals surface area contributed by atoms with Crippen molar-refractivity contribution in [1.29, 1.82) is 0 Å². The zero-order valence-corrected chi connectivity index (χ0v) is 15.2. The van der Waals surface area contributed by atoms with E-state index in [9.17, 15) is 9.90 Å². The lowest BCUT2D eigenvalue weighted by atomic mass is 10.0. The van der Waals surface area contributed by atoms with Gasteiger partial charge in [-0.25, -0.2) is 4.79 Å². The fourth-order valence-electron chi connectivity index (χ4n) is 3.12. The number of nitrogens with one attached hydrogen (secondary N) is 1. The summed E-state index contributed by atoms with van der Waals surface area (Å²) in [4.78, 5) is 16.4. The molecule has 1 aromatic rings. The van der Waals surface area contributed by atoms with Crippen LogP contribution in [0.15, 0.2) is 30.3 Å². The number of rotatable bonds is 7. The number of nitrogens with zero attached hydrogens (tertiary/aromatic N) is 2. The van der Waals surface area contributed by atoms with Gasteiger partial charge < -0.3 is 15.3 Å². The summed E-state index contributed by atoms with van der Waals surface area (Å²) < 4.78 is 0. The largest absolute Gasteiger partial charge is 0.388 e. The summed E-state index contributed by atoms with van der Waals surface area (Å²) in [7, 11) is 1.77. The molecule has 0 aromatic heterocycles. The summed E-state index contributed by atoms with van der Waals surface area (Å²) in [5.74, 6) is 0. The summed E-state index contributed by atoms with van der Waals surface area (Å²) in [6.07, 6.45) is 2.48. The highest BCUT2D eigenvalue weighted by atomic mass is 16.3. The Bertz CT molecular complexity index is 513. The molecule has 0 bridgehead atoms. The number of aliphatic hydroxyl groups excluding tert-OH is 1. The Kier molecular flexibility index (Phi) is 6.63. The molecule has 0 aliphatic carbocycles. The van der Waals surface area contributed by atoms with Crippen molar-refractivity contribution in [3.05, 3.63) is 35.9 Å². The van der Waals surface area contributed by atoms with E-state index >= 15 is 0 Å². The maximum atomic E-state index is 12.3. The first-order chi connectivity index (χ1) is 11.4. The van der Waals surface area contributed by atoms with Crippen molar-refractivity contribution in [2.75, 3.05) is 33.2 Å². The maximum Gasteiger partial charge on any atom is 0.317 e. The Labute approximate surface area is 145 Å². The number of carbonyl (C=O) groups excluding carboxylic acids is 1. The zero-order chi connectivity index (χ0) is 17.6. The van der Waals surface area contributed by atoms with Crippen LogP contribution in [0.2, 0.25) is 0 Å². The SMILES string of the molecule is CN(CC[C@@H](O)c1ccccc1)C(=O)NCC(C)(C)N1CCCC1. The van der Waals surface area contributed by atoms with Gasteiger partial charge in [0.05, 0.1) is 6.10 Å². The number of urea groups is 1. The fourth-order valence-corrected chi connectivity index (χ4v) is 3.12. The van der Waals surface area contributed by atoms with E-state index in [2.05, 4.69) is 24.1 Å². The van der Waals surface area contributed by atoms with Gasteiger partial charge in [0.2, 0.25) is 0 Å². The van der Waals surface area contributed by atoms with Crippen LogP contribution in [-0.2, 0) is 0 Å². The molecule has 1 aromatic carbocycles. The number of carbonyl (C=O) groups is 1. The van der Waals surface area contributed by atoms with Crippen molar-refractivity contribution in [3.8, 4) is 0 Å². The van der Waals surface area contributed by atoms with Gasteiger partial charge in [0, 0.05) is 25.7 Å². The van der Waals surface area contributed by atoms with E-state index < -0.39 is 6.10 Å². The first-order valence-corrected chi connectivity index (χ1v) is 8.87. The Balaban J connectivity index is 1.73. The first-order valence-electron chi connectivity index (χ1n) is 8.87. The molecular formula is C19H31N3O2. The number of amides is 2. The molecule has 0 radical (unpaired) electrons. The molecule has 1 atom stereocenters. The van der Waals surface area contributed by atoms with E-state index in [0.717, 1.165) is 18.7 Å². The number of aliphatic hydroxyl groups is 1. The zero-order valence-electron chi connectivity index (χ0n) is 15.2. The van der Waals surface area contributed by atoms with Crippen molar-refractivity contribution < 1.29 is 9.90 Å². The third-order valence-electron chi connectivity index (χ3n) is 4.90. The van der Waals surface area contributed by atoms with Crippen molar-refractivity contribution in [2.24, 2.45) is 0 Å². The minimum atomic E-state index is -0.539. The highest BCUT2D eigenvalue weighted by molar-refractivity contribution is 5.73. The van der Waals surface area contributed by atoms with Crippen LogP contribution in [0.3, 0.4) is 0 Å². The molecule has 0 saturated carbocycles. The van der Waals surface area contributed by atoms with Crippen LogP contribution in [0.1, 0.15) is 44.8 Å². The molecule has 134 valence electrons. The molecule has 1 saturated heterocycles. The van der Waals surface area contributed by atoms with E-state index in [1.807, 2.05) is 30.3 Å². The molecule has 1 aliphatic heterocycles. The smallest absolute Gasteiger partial charge is 0.317 e. The van der Waals surface area contributed by atoms with Gasteiger partial charge in [-0.1, -0.05) is 30.3 Å². The molecule has 5 heteroatoms. The Morgan fingerprint density at radius 2 is 1.92 bits per heavy atom. The second kappa shape index (κ2) is 8.49. The topological polar surface area (TPSA) is 55.8 Å². The number of hydrogen-bond donors (Lipinski definition) is 2. The van der Waals surface area contributed by atoms with Crippen molar-refractivity contribution >= 4 is 6.03 Å². The summed E-state index contributed by atoms with van der Waals surface area (Å²) >= 11 is 0. The van der Waals surface area contributed by atoms with E-state index in [0.29, 0.717) is 19.5 Å². The van der Waals surface area contributed by atoms with Gasteiger partial charge in [-0.05, 0) is 51.8 Å². The maximum absolute atomic E-state index is 12.3. The van der Waals surface area contributed by atoms with Crippen molar-refractivity contribution in [3.63, 3.8) is 0 Å². The number of hydrogen-bond acceptors (Lipinski definition) is 3. The Hall–Kier alpha value is -1.59. The molecule has 2 rings (SSSR count). The van der Waals surface area contributed by atoms with Gasteiger partial charge >= 0.3 is 6.03 Å². The van der Waals surface area contributed by atoms with Crippen molar-refractivity contribution in [2.45, 2.75) is 44.8 Å². The molecule has 24 heavy (non-hydrogen) atoms. The third-order valence-corrected chi connectivity index (χ3v) is 4.90. The lowest BCUT2D eigenvalue weighted by Crippen LogP contribution is -2.52. The number of benzene rings is 1. The molecular weight excluding hydrogens is 302 g/mol. The van der Waals surface area contributed by atoms with Gasteiger partial charge in [0.25, 0.3) is 0 Å². The van der Waals surface area contributed by atoms with Crippen LogP contribution >= 0.6 is 0 Å². The molecule has 2 amide bonds. The van der Waals surface area contributed by atoms with Gasteiger partial charge in [-0.2, -0.15) is 0 Å². The predicted molar refractivity (Wildman–Crippen MR) is 96.9 cm³/mol. The third kappa shape index (κ3) is 5.21. The van der Waals surface area contributed by atoms with Crippen molar-refractivity contribution in [1.82, 2.24) is 15.1 Å². The second-order valence-electron chi connectivity index (χ2n) is 7.30. The van der Waals surface area contributed by atoms with Crippen LogP contribution in [0.4, 0.5) is 4.79 Å². The van der Waals surface area contributed by atoms with Crippen LogP contribution < -0.4 is 5.32 Å². The summed E-state index contributed by atoms with van der Waals surface area (Å²) in [6.45, 7) is 7.74. The molecule has 0 spiro atoms. The molecule has 1 aliphatic rings. The Morgan fingerprint density at radius 3 is 2.54 bits per heavy atom. The lowest BCUT2D eigenvalue weighted by molar-refractivity contribution is 0.138. The minimum absolute atomic E-state index is 0.0173. The van der Waals surface area contributed by atoms with Gasteiger partial charge in [-0.15, -0.1) is 0 Å². The quantitative estimate of drug-likeness (QED) is 0.806. The Morgan fingerprint density at radius 1 is 1.29 bits per heavy atom. The van der Waals surface area contributed by atoms with E-state index in [1.54, 1.807) is 11.9 Å². The highest BCUT2D eigenvalue weighted by Crippen LogP contribution is 2.20. The molecule has 2 N–H and O–H groups in total. The molecule has 1 fully saturated rings. The van der Waals surface area contributed by atoms with Crippen LogP contribution in [0, 0.1) is 0 Å². The highest BCUT2D eigenvalue weighted by Gasteiger charge is 2.29. The second-order valence-corrected chi connectivity index (χ2v) is 7.30. The molecule has 5 nitrogen and oxygen atoms in total. The minimum Gasteiger partial charge on any atom is -0.388 e. The van der Waals surface area contributed by atoms with Gasteiger partial charge in [0.1, 0.15) is 0 Å². The lowest BCUT2D eigenvalue weighted by Gasteiger charge is -2.36. The average Bonchev–Trinajstić information content (AvgIpc) is 3.13. The molecule has 1 heterocycles. The van der Waals surface area contributed by atoms with Crippen LogP contribution in [-0.4, -0.2) is 59.7 Å². The summed E-state index contributed by atoms with van der Waals surface area (Å²) in [6, 6.07) is 9.48. The van der Waals surface area contributed by atoms with Gasteiger partial charge in [-0.3, -0.25) is 4.90 Å². The normalized spacial score (nSPS) is 16.8.